The molecule has 1 atom stereocenters. The average Bonchev–Trinajstić information content (AvgIpc) is 3.07. The van der Waals surface area contributed by atoms with Gasteiger partial charge in [-0.05, 0) is 48.7 Å². The number of carbonyl (C=O) groups excluding carboxylic acids is 1. The summed E-state index contributed by atoms with van der Waals surface area (Å²) in [6.45, 7) is 0. The van der Waals surface area contributed by atoms with Crippen LogP contribution in [0.2, 0.25) is 0 Å². The first-order valence-corrected chi connectivity index (χ1v) is 6.86. The molecule has 1 aromatic carbocycles. The van der Waals surface area contributed by atoms with Gasteiger partial charge in [-0.3, -0.25) is 4.79 Å². The molecule has 88 valence electrons. The summed E-state index contributed by atoms with van der Waals surface area (Å²) in [4.78, 5) is 12.4. The van der Waals surface area contributed by atoms with Crippen LogP contribution in [0.1, 0.15) is 23.2 Å². The summed E-state index contributed by atoms with van der Waals surface area (Å²) < 4.78 is 1.20. The maximum atomic E-state index is 12.4. The van der Waals surface area contributed by atoms with Gasteiger partial charge in [0, 0.05) is 10.3 Å². The second-order valence-corrected chi connectivity index (χ2v) is 5.59. The molecule has 1 heterocycles. The van der Waals surface area contributed by atoms with Gasteiger partial charge in [-0.1, -0.05) is 12.1 Å². The molecule has 0 amide bonds. The van der Waals surface area contributed by atoms with Gasteiger partial charge in [0.2, 0.25) is 0 Å². The summed E-state index contributed by atoms with van der Waals surface area (Å²) in [5, 5.41) is 6.44. The molecule has 1 unspecified atom stereocenters. The molecule has 1 N–H and O–H groups in total. The monoisotopic (exact) mass is 245 g/mol. The lowest BCUT2D eigenvalue weighted by Gasteiger charge is -2.13. The van der Waals surface area contributed by atoms with Crippen molar-refractivity contribution >= 4 is 27.2 Å². The second-order valence-electron chi connectivity index (χ2n) is 4.64. The van der Waals surface area contributed by atoms with Crippen molar-refractivity contribution in [1.29, 1.82) is 0 Å². The van der Waals surface area contributed by atoms with E-state index in [1.165, 1.54) is 22.9 Å². The first-order chi connectivity index (χ1) is 8.29. The number of nitrogens with one attached hydrogen (secondary N) is 1. The Kier molecular flexibility index (Phi) is 2.73. The van der Waals surface area contributed by atoms with E-state index < -0.39 is 0 Å². The molecule has 0 aliphatic heterocycles. The SMILES string of the molecule is CNC(C(=O)c1ccc2ccsc2c1)C1CC1. The predicted octanol–water partition coefficient (Wildman–Crippen LogP) is 3.08. The molecule has 3 rings (SSSR count). The molecule has 0 spiro atoms. The standard InChI is InChI=1S/C14H15NOS/c1-15-13(10-3-4-10)14(16)11-5-2-9-6-7-17-12(9)8-11/h2,5-8,10,13,15H,3-4H2,1H3. The zero-order chi connectivity index (χ0) is 11.8. The number of rotatable bonds is 4. The summed E-state index contributed by atoms with van der Waals surface area (Å²) in [7, 11) is 1.88. The van der Waals surface area contributed by atoms with Crippen LogP contribution in [-0.2, 0) is 0 Å². The maximum Gasteiger partial charge on any atom is 0.180 e. The van der Waals surface area contributed by atoms with E-state index in [1.807, 2.05) is 25.2 Å². The maximum absolute atomic E-state index is 12.4. The van der Waals surface area contributed by atoms with Crippen LogP contribution in [0.4, 0.5) is 0 Å². The van der Waals surface area contributed by atoms with Gasteiger partial charge in [-0.2, -0.15) is 0 Å². The van der Waals surface area contributed by atoms with E-state index in [1.54, 1.807) is 11.3 Å². The summed E-state index contributed by atoms with van der Waals surface area (Å²) in [5.41, 5.74) is 0.839. The van der Waals surface area contributed by atoms with Gasteiger partial charge >= 0.3 is 0 Å². The lowest BCUT2D eigenvalue weighted by atomic mass is 10.00. The molecular weight excluding hydrogens is 230 g/mol. The van der Waals surface area contributed by atoms with Crippen LogP contribution in [0.25, 0.3) is 10.1 Å². The lowest BCUT2D eigenvalue weighted by Crippen LogP contribution is -2.36. The van der Waals surface area contributed by atoms with E-state index in [9.17, 15) is 4.79 Å². The number of likely N-dealkylation sites (N-methyl/N-ethyl adjacent to an activating group) is 1. The Labute approximate surface area is 105 Å². The highest BCUT2D eigenvalue weighted by molar-refractivity contribution is 7.17. The van der Waals surface area contributed by atoms with E-state index in [4.69, 9.17) is 0 Å². The molecule has 2 aromatic rings. The highest BCUT2D eigenvalue weighted by Crippen LogP contribution is 2.34. The number of benzene rings is 1. The quantitative estimate of drug-likeness (QED) is 0.839. The van der Waals surface area contributed by atoms with E-state index in [0.29, 0.717) is 5.92 Å². The van der Waals surface area contributed by atoms with Crippen molar-refractivity contribution in [1.82, 2.24) is 5.32 Å². The summed E-state index contributed by atoms with van der Waals surface area (Å²) in [5.74, 6) is 0.789. The Balaban J connectivity index is 1.93. The van der Waals surface area contributed by atoms with Crippen LogP contribution in [-0.4, -0.2) is 18.9 Å². The van der Waals surface area contributed by atoms with Crippen LogP contribution in [0.5, 0.6) is 0 Å². The molecule has 0 bridgehead atoms. The van der Waals surface area contributed by atoms with E-state index in [2.05, 4.69) is 16.8 Å². The Morgan fingerprint density at radius 1 is 1.41 bits per heavy atom. The summed E-state index contributed by atoms with van der Waals surface area (Å²) >= 11 is 1.69. The van der Waals surface area contributed by atoms with Gasteiger partial charge in [0.05, 0.1) is 6.04 Å². The first kappa shape index (κ1) is 10.9. The van der Waals surface area contributed by atoms with Gasteiger partial charge in [-0.25, -0.2) is 0 Å². The average molecular weight is 245 g/mol. The molecule has 1 aromatic heterocycles. The minimum absolute atomic E-state index is 0.00686. The highest BCUT2D eigenvalue weighted by Gasteiger charge is 2.35. The highest BCUT2D eigenvalue weighted by atomic mass is 32.1. The number of fused-ring (bicyclic) bond motifs is 1. The van der Waals surface area contributed by atoms with E-state index >= 15 is 0 Å². The van der Waals surface area contributed by atoms with Crippen molar-refractivity contribution in [2.45, 2.75) is 18.9 Å². The second kappa shape index (κ2) is 4.24. The molecule has 3 heteroatoms. The Morgan fingerprint density at radius 3 is 2.94 bits per heavy atom. The van der Waals surface area contributed by atoms with Gasteiger partial charge in [0.15, 0.2) is 5.78 Å². The fourth-order valence-electron chi connectivity index (χ4n) is 2.30. The Morgan fingerprint density at radius 2 is 2.24 bits per heavy atom. The molecule has 1 fully saturated rings. The fourth-order valence-corrected chi connectivity index (χ4v) is 3.13. The van der Waals surface area contributed by atoms with Gasteiger partial charge in [0.25, 0.3) is 0 Å². The number of hydrogen-bond donors (Lipinski definition) is 1. The number of ketones is 1. The summed E-state index contributed by atoms with van der Waals surface area (Å²) in [6, 6.07) is 8.11. The molecule has 1 aliphatic carbocycles. The zero-order valence-corrected chi connectivity index (χ0v) is 10.6. The topological polar surface area (TPSA) is 29.1 Å². The largest absolute Gasteiger partial charge is 0.310 e. The minimum Gasteiger partial charge on any atom is -0.310 e. The van der Waals surface area contributed by atoms with Crippen molar-refractivity contribution in [3.05, 3.63) is 35.2 Å². The van der Waals surface area contributed by atoms with Crippen molar-refractivity contribution in [3.63, 3.8) is 0 Å². The molecule has 0 radical (unpaired) electrons. The number of thiophene rings is 1. The fraction of sp³-hybridized carbons (Fsp3) is 0.357. The van der Waals surface area contributed by atoms with Crippen molar-refractivity contribution < 1.29 is 4.79 Å². The zero-order valence-electron chi connectivity index (χ0n) is 9.77. The smallest absolute Gasteiger partial charge is 0.180 e. The molecule has 17 heavy (non-hydrogen) atoms. The van der Waals surface area contributed by atoms with E-state index in [-0.39, 0.29) is 11.8 Å². The third-order valence-electron chi connectivity index (χ3n) is 3.43. The predicted molar refractivity (Wildman–Crippen MR) is 71.7 cm³/mol. The van der Waals surface area contributed by atoms with Crippen LogP contribution < -0.4 is 5.32 Å². The van der Waals surface area contributed by atoms with Gasteiger partial charge in [0.1, 0.15) is 0 Å². The van der Waals surface area contributed by atoms with Crippen molar-refractivity contribution in [2.24, 2.45) is 5.92 Å². The van der Waals surface area contributed by atoms with Crippen molar-refractivity contribution in [2.75, 3.05) is 7.05 Å². The number of Topliss-reactive ketones (excluding diaryl/α,β-unsaturated/α-hetero) is 1. The summed E-state index contributed by atoms with van der Waals surface area (Å²) in [6.07, 6.45) is 2.36. The Bertz CT molecular complexity index is 556. The van der Waals surface area contributed by atoms with Crippen LogP contribution in [0.15, 0.2) is 29.6 Å². The third-order valence-corrected chi connectivity index (χ3v) is 4.31. The Hall–Kier alpha value is -1.19. The van der Waals surface area contributed by atoms with Crippen LogP contribution in [0, 0.1) is 5.92 Å². The normalized spacial score (nSPS) is 17.2. The lowest BCUT2D eigenvalue weighted by molar-refractivity contribution is 0.0936. The minimum atomic E-state index is 0.00686. The number of carbonyl (C=O) groups is 1. The molecule has 0 saturated heterocycles. The molecular formula is C14H15NOS. The van der Waals surface area contributed by atoms with Crippen molar-refractivity contribution in [3.8, 4) is 0 Å². The van der Waals surface area contributed by atoms with E-state index in [0.717, 1.165) is 5.56 Å². The molecule has 2 nitrogen and oxygen atoms in total. The van der Waals surface area contributed by atoms with Crippen LogP contribution >= 0.6 is 11.3 Å². The van der Waals surface area contributed by atoms with Crippen LogP contribution in [0.3, 0.4) is 0 Å². The molecule has 1 aliphatic rings. The molecule has 1 saturated carbocycles. The van der Waals surface area contributed by atoms with Gasteiger partial charge in [-0.15, -0.1) is 11.3 Å². The number of hydrogen-bond acceptors (Lipinski definition) is 3. The third kappa shape index (κ3) is 2.01. The first-order valence-electron chi connectivity index (χ1n) is 5.98. The van der Waals surface area contributed by atoms with Gasteiger partial charge < -0.3 is 5.32 Å².